The molecule has 0 heteroatoms. The van der Waals surface area contributed by atoms with Crippen molar-refractivity contribution in [3.63, 3.8) is 0 Å². The zero-order chi connectivity index (χ0) is 18.0. The van der Waals surface area contributed by atoms with E-state index < -0.39 is 0 Å². The van der Waals surface area contributed by atoms with Crippen LogP contribution in [-0.4, -0.2) is 0 Å². The van der Waals surface area contributed by atoms with Crippen molar-refractivity contribution in [3.05, 3.63) is 103 Å². The molecule has 0 nitrogen and oxygen atoms in total. The lowest BCUT2D eigenvalue weighted by Crippen LogP contribution is -1.86. The molecule has 0 N–H and O–H groups in total. The number of benzene rings is 4. The summed E-state index contributed by atoms with van der Waals surface area (Å²) in [5.74, 6) is 0. The zero-order valence-corrected chi connectivity index (χ0v) is 15.0. The molecule has 4 aromatic rings. The molecule has 0 bridgehead atoms. The third-order valence-electron chi connectivity index (χ3n) is 6.02. The molecule has 0 aliphatic heterocycles. The highest BCUT2D eigenvalue weighted by atomic mass is 14.3. The first-order chi connectivity index (χ1) is 13.4. The summed E-state index contributed by atoms with van der Waals surface area (Å²) in [5.41, 5.74) is 9.79. The summed E-state index contributed by atoms with van der Waals surface area (Å²) in [6.07, 6.45) is 9.16. The lowest BCUT2D eigenvalue weighted by Gasteiger charge is -2.11. The Bertz CT molecular complexity index is 1350. The lowest BCUT2D eigenvalue weighted by atomic mass is 9.92. The van der Waals surface area contributed by atoms with Crippen LogP contribution in [0.15, 0.2) is 91.5 Å². The highest BCUT2D eigenvalue weighted by Gasteiger charge is 2.29. The van der Waals surface area contributed by atoms with Gasteiger partial charge >= 0.3 is 0 Å². The van der Waals surface area contributed by atoms with Crippen molar-refractivity contribution in [1.82, 2.24) is 0 Å². The number of rotatable bonds is 2. The van der Waals surface area contributed by atoms with Gasteiger partial charge in [0.15, 0.2) is 0 Å². The lowest BCUT2D eigenvalue weighted by molar-refractivity contribution is 1.40. The molecule has 0 saturated carbocycles. The first-order valence-electron chi connectivity index (χ1n) is 9.47. The van der Waals surface area contributed by atoms with Crippen molar-refractivity contribution in [1.29, 1.82) is 0 Å². The molecule has 0 heterocycles. The molecule has 2 aliphatic rings. The zero-order valence-electron chi connectivity index (χ0n) is 15.0. The van der Waals surface area contributed by atoms with E-state index in [2.05, 4.69) is 79.4 Å². The van der Waals surface area contributed by atoms with Crippen molar-refractivity contribution >= 4 is 27.1 Å². The van der Waals surface area contributed by atoms with E-state index in [1.807, 2.05) is 12.2 Å². The predicted octanol–water partition coefficient (Wildman–Crippen LogP) is 7.32. The van der Waals surface area contributed by atoms with Crippen LogP contribution in [-0.2, 0) is 6.42 Å². The van der Waals surface area contributed by atoms with Crippen LogP contribution < -0.4 is 0 Å². The highest BCUT2D eigenvalue weighted by molar-refractivity contribution is 6.27. The van der Waals surface area contributed by atoms with Gasteiger partial charge in [-0.05, 0) is 66.9 Å². The Hall–Kier alpha value is -3.38. The minimum Gasteiger partial charge on any atom is -0.0991 e. The van der Waals surface area contributed by atoms with Gasteiger partial charge in [0, 0.05) is 0 Å². The van der Waals surface area contributed by atoms with Gasteiger partial charge in [-0.15, -0.1) is 0 Å². The third kappa shape index (κ3) is 1.82. The molecule has 6 rings (SSSR count). The Kier molecular flexibility index (Phi) is 2.90. The van der Waals surface area contributed by atoms with Gasteiger partial charge in [-0.1, -0.05) is 91.5 Å². The van der Waals surface area contributed by atoms with Gasteiger partial charge in [0.25, 0.3) is 0 Å². The van der Waals surface area contributed by atoms with Crippen molar-refractivity contribution in [2.24, 2.45) is 0 Å². The van der Waals surface area contributed by atoms with Crippen LogP contribution in [0.25, 0.3) is 49.4 Å². The Morgan fingerprint density at radius 2 is 1.41 bits per heavy atom. The second kappa shape index (κ2) is 5.31. The van der Waals surface area contributed by atoms with E-state index in [4.69, 9.17) is 0 Å². The summed E-state index contributed by atoms with van der Waals surface area (Å²) >= 11 is 0. The van der Waals surface area contributed by atoms with E-state index >= 15 is 0 Å². The first kappa shape index (κ1) is 14.8. The van der Waals surface area contributed by atoms with E-state index in [1.165, 1.54) is 60.5 Å². The van der Waals surface area contributed by atoms with Gasteiger partial charge < -0.3 is 0 Å². The van der Waals surface area contributed by atoms with Crippen LogP contribution in [0.5, 0.6) is 0 Å². The van der Waals surface area contributed by atoms with Crippen molar-refractivity contribution in [2.75, 3.05) is 0 Å². The van der Waals surface area contributed by atoms with Gasteiger partial charge in [0.1, 0.15) is 0 Å². The summed E-state index contributed by atoms with van der Waals surface area (Å²) in [6, 6.07) is 22.4. The highest BCUT2D eigenvalue weighted by Crippen LogP contribution is 2.54. The third-order valence-corrected chi connectivity index (χ3v) is 6.02. The summed E-state index contributed by atoms with van der Waals surface area (Å²) < 4.78 is 0. The van der Waals surface area contributed by atoms with Gasteiger partial charge in [-0.3, -0.25) is 0 Å². The molecule has 0 atom stereocenters. The molecular formula is C27H18. The van der Waals surface area contributed by atoms with E-state index in [1.54, 1.807) is 0 Å². The standard InChI is InChI=1S/C27H18/c1-2-3-4-9-17-16-24-22-14-8-13-21-19-10-5-6-11-20(19)27(26(21)22)23-15-7-12-18(17)25(23)24/h2-15H,1,16H2/b4-3-,17-9+. The van der Waals surface area contributed by atoms with E-state index in [9.17, 15) is 0 Å². The maximum Gasteiger partial charge on any atom is -0.000705 e. The average Bonchev–Trinajstić information content (AvgIpc) is 3.25. The molecule has 0 saturated heterocycles. The van der Waals surface area contributed by atoms with Crippen LogP contribution in [0.4, 0.5) is 0 Å². The molecule has 0 radical (unpaired) electrons. The molecule has 126 valence electrons. The monoisotopic (exact) mass is 342 g/mol. The van der Waals surface area contributed by atoms with Gasteiger partial charge in [0.2, 0.25) is 0 Å². The molecule has 0 aromatic heterocycles. The summed E-state index contributed by atoms with van der Waals surface area (Å²) in [5, 5.41) is 5.67. The minimum absolute atomic E-state index is 0.994. The number of fused-ring (bicyclic) bond motifs is 5. The molecule has 0 spiro atoms. The van der Waals surface area contributed by atoms with Crippen molar-refractivity contribution in [3.8, 4) is 22.3 Å². The molecule has 27 heavy (non-hydrogen) atoms. The van der Waals surface area contributed by atoms with Crippen LogP contribution in [0.1, 0.15) is 11.1 Å². The maximum absolute atomic E-state index is 3.78. The molecular weight excluding hydrogens is 324 g/mol. The van der Waals surface area contributed by atoms with Gasteiger partial charge in [-0.2, -0.15) is 0 Å². The quantitative estimate of drug-likeness (QED) is 0.233. The fourth-order valence-electron chi connectivity index (χ4n) is 5.00. The minimum atomic E-state index is 0.994. The van der Waals surface area contributed by atoms with Crippen LogP contribution in [0.2, 0.25) is 0 Å². The summed E-state index contributed by atoms with van der Waals surface area (Å²) in [4.78, 5) is 0. The van der Waals surface area contributed by atoms with Crippen LogP contribution in [0, 0.1) is 0 Å². The fraction of sp³-hybridized carbons (Fsp3) is 0.0370. The first-order valence-corrected chi connectivity index (χ1v) is 9.47. The number of allylic oxidation sites excluding steroid dienone is 5. The van der Waals surface area contributed by atoms with Crippen molar-refractivity contribution in [2.45, 2.75) is 6.42 Å². The van der Waals surface area contributed by atoms with E-state index in [0.29, 0.717) is 0 Å². The van der Waals surface area contributed by atoms with E-state index in [0.717, 1.165) is 6.42 Å². The Morgan fingerprint density at radius 1 is 0.667 bits per heavy atom. The van der Waals surface area contributed by atoms with Gasteiger partial charge in [0.05, 0.1) is 0 Å². The average molecular weight is 342 g/mol. The molecule has 0 unspecified atom stereocenters. The van der Waals surface area contributed by atoms with Crippen LogP contribution in [0.3, 0.4) is 0 Å². The van der Waals surface area contributed by atoms with Crippen molar-refractivity contribution < 1.29 is 0 Å². The molecule has 4 aromatic carbocycles. The van der Waals surface area contributed by atoms with Gasteiger partial charge in [-0.25, -0.2) is 0 Å². The maximum atomic E-state index is 3.78. The normalized spacial score (nSPS) is 15.3. The van der Waals surface area contributed by atoms with E-state index in [-0.39, 0.29) is 0 Å². The second-order valence-electron chi connectivity index (χ2n) is 7.34. The smallest absolute Gasteiger partial charge is 0.000705 e. The molecule has 2 aliphatic carbocycles. The molecule has 0 fully saturated rings. The SMILES string of the molecule is C=C/C=C\C=C1/Cc2c3cccc4c3c(c3cccc1c23)-c1ccccc1-4. The molecule has 0 amide bonds. The second-order valence-corrected chi connectivity index (χ2v) is 7.34. The summed E-state index contributed by atoms with van der Waals surface area (Å²) in [7, 11) is 0. The summed E-state index contributed by atoms with van der Waals surface area (Å²) in [6.45, 7) is 3.78. The largest absolute Gasteiger partial charge is 0.0991 e. The Morgan fingerprint density at radius 3 is 2.26 bits per heavy atom. The number of hydrogen-bond acceptors (Lipinski definition) is 0. The Labute approximate surface area is 158 Å². The topological polar surface area (TPSA) is 0 Å². The van der Waals surface area contributed by atoms with Crippen LogP contribution >= 0.6 is 0 Å². The predicted molar refractivity (Wildman–Crippen MR) is 117 cm³/mol. The number of hydrogen-bond donors (Lipinski definition) is 0. The Balaban J connectivity index is 1.80. The fourth-order valence-corrected chi connectivity index (χ4v) is 5.00.